The topological polar surface area (TPSA) is 61.4 Å². The van der Waals surface area contributed by atoms with Crippen molar-refractivity contribution in [3.8, 4) is 0 Å². The van der Waals surface area contributed by atoms with E-state index in [0.29, 0.717) is 0 Å². The van der Waals surface area contributed by atoms with E-state index in [1.165, 1.54) is 4.90 Å². The summed E-state index contributed by atoms with van der Waals surface area (Å²) >= 11 is 0. The van der Waals surface area contributed by atoms with E-state index in [2.05, 4.69) is 10.6 Å². The Morgan fingerprint density at radius 2 is 1.89 bits per heavy atom. The predicted octanol–water partition coefficient (Wildman–Crippen LogP) is 1.63. The SMILES string of the molecule is C[C@H](NCN1C(=O)NC(C)(C)C1=O)c1ccccc1. The molecule has 0 unspecified atom stereocenters. The zero-order valence-corrected chi connectivity index (χ0v) is 11.4. The molecule has 1 aliphatic rings. The molecule has 1 saturated heterocycles. The number of urea groups is 1. The summed E-state index contributed by atoms with van der Waals surface area (Å²) < 4.78 is 0. The van der Waals surface area contributed by atoms with Gasteiger partial charge in [-0.2, -0.15) is 0 Å². The van der Waals surface area contributed by atoms with Gasteiger partial charge in [-0.1, -0.05) is 30.3 Å². The summed E-state index contributed by atoms with van der Waals surface area (Å²) in [6.07, 6.45) is 0. The van der Waals surface area contributed by atoms with Gasteiger partial charge in [-0.25, -0.2) is 9.69 Å². The Labute approximate surface area is 113 Å². The first-order valence-corrected chi connectivity index (χ1v) is 6.34. The minimum absolute atomic E-state index is 0.0745. The molecule has 2 N–H and O–H groups in total. The van der Waals surface area contributed by atoms with Gasteiger partial charge in [0.05, 0.1) is 6.67 Å². The Morgan fingerprint density at radius 1 is 1.26 bits per heavy atom. The molecule has 0 radical (unpaired) electrons. The van der Waals surface area contributed by atoms with Crippen LogP contribution in [0.1, 0.15) is 32.4 Å². The molecule has 19 heavy (non-hydrogen) atoms. The van der Waals surface area contributed by atoms with Crippen LogP contribution in [-0.4, -0.2) is 29.0 Å². The molecule has 5 heteroatoms. The van der Waals surface area contributed by atoms with Crippen molar-refractivity contribution in [2.75, 3.05) is 6.67 Å². The molecule has 0 spiro atoms. The third kappa shape index (κ3) is 2.76. The Bertz CT molecular complexity index is 485. The zero-order valence-electron chi connectivity index (χ0n) is 11.4. The van der Waals surface area contributed by atoms with Crippen LogP contribution >= 0.6 is 0 Å². The maximum absolute atomic E-state index is 12.0. The van der Waals surface area contributed by atoms with Crippen molar-refractivity contribution < 1.29 is 9.59 Å². The quantitative estimate of drug-likeness (QED) is 0.810. The average Bonchev–Trinajstić information content (AvgIpc) is 2.57. The summed E-state index contributed by atoms with van der Waals surface area (Å²) in [5.41, 5.74) is 0.309. The Balaban J connectivity index is 1.96. The molecule has 0 bridgehead atoms. The van der Waals surface area contributed by atoms with Gasteiger partial charge in [0, 0.05) is 6.04 Å². The van der Waals surface area contributed by atoms with Gasteiger partial charge in [0.2, 0.25) is 0 Å². The van der Waals surface area contributed by atoms with Crippen LogP contribution in [0.4, 0.5) is 4.79 Å². The first-order chi connectivity index (χ1) is 8.92. The number of nitrogens with zero attached hydrogens (tertiary/aromatic N) is 1. The summed E-state index contributed by atoms with van der Waals surface area (Å²) in [4.78, 5) is 24.9. The molecule has 1 aromatic rings. The Morgan fingerprint density at radius 3 is 2.42 bits per heavy atom. The molecule has 0 aliphatic carbocycles. The lowest BCUT2D eigenvalue weighted by molar-refractivity contribution is -0.130. The molecule has 102 valence electrons. The number of carbonyl (C=O) groups is 2. The number of imide groups is 1. The number of amides is 3. The highest BCUT2D eigenvalue weighted by Crippen LogP contribution is 2.17. The summed E-state index contributed by atoms with van der Waals surface area (Å²) in [6, 6.07) is 9.62. The summed E-state index contributed by atoms with van der Waals surface area (Å²) in [5, 5.41) is 5.84. The molecule has 1 atom stereocenters. The largest absolute Gasteiger partial charge is 0.326 e. The minimum Gasteiger partial charge on any atom is -0.324 e. The van der Waals surface area contributed by atoms with E-state index < -0.39 is 5.54 Å². The van der Waals surface area contributed by atoms with Gasteiger partial charge in [-0.15, -0.1) is 0 Å². The van der Waals surface area contributed by atoms with E-state index in [4.69, 9.17) is 0 Å². The molecular formula is C14H19N3O2. The fraction of sp³-hybridized carbons (Fsp3) is 0.429. The average molecular weight is 261 g/mol. The van der Waals surface area contributed by atoms with E-state index in [1.54, 1.807) is 13.8 Å². The lowest BCUT2D eigenvalue weighted by atomic mass is 10.1. The van der Waals surface area contributed by atoms with Gasteiger partial charge in [0.15, 0.2) is 0 Å². The molecule has 1 fully saturated rings. The molecule has 1 aliphatic heterocycles. The van der Waals surface area contributed by atoms with Crippen LogP contribution in [0, 0.1) is 0 Å². The van der Waals surface area contributed by atoms with Crippen LogP contribution in [0.5, 0.6) is 0 Å². The van der Waals surface area contributed by atoms with Crippen LogP contribution < -0.4 is 10.6 Å². The monoisotopic (exact) mass is 261 g/mol. The Kier molecular flexibility index (Phi) is 3.57. The summed E-state index contributed by atoms with van der Waals surface area (Å²) in [7, 11) is 0. The van der Waals surface area contributed by atoms with Crippen molar-refractivity contribution in [2.45, 2.75) is 32.4 Å². The second-order valence-corrected chi connectivity index (χ2v) is 5.28. The smallest absolute Gasteiger partial charge is 0.324 e. The number of carbonyl (C=O) groups excluding carboxylic acids is 2. The first kappa shape index (κ1) is 13.5. The van der Waals surface area contributed by atoms with Gasteiger partial charge in [-0.3, -0.25) is 10.1 Å². The highest BCUT2D eigenvalue weighted by Gasteiger charge is 2.43. The van der Waals surface area contributed by atoms with E-state index in [-0.39, 0.29) is 24.6 Å². The van der Waals surface area contributed by atoms with Gasteiger partial charge >= 0.3 is 6.03 Å². The van der Waals surface area contributed by atoms with Crippen LogP contribution in [0.15, 0.2) is 30.3 Å². The minimum atomic E-state index is -0.811. The molecule has 1 heterocycles. The summed E-state index contributed by atoms with van der Waals surface area (Å²) in [5.74, 6) is -0.203. The number of rotatable bonds is 4. The third-order valence-corrected chi connectivity index (χ3v) is 3.30. The second kappa shape index (κ2) is 5.01. The van der Waals surface area contributed by atoms with E-state index in [0.717, 1.165) is 5.56 Å². The van der Waals surface area contributed by atoms with Gasteiger partial charge in [0.1, 0.15) is 5.54 Å². The van der Waals surface area contributed by atoms with Crippen molar-refractivity contribution in [2.24, 2.45) is 0 Å². The number of hydrogen-bond acceptors (Lipinski definition) is 3. The van der Waals surface area contributed by atoms with Crippen molar-refractivity contribution in [1.29, 1.82) is 0 Å². The zero-order chi connectivity index (χ0) is 14.0. The Hall–Kier alpha value is -1.88. The second-order valence-electron chi connectivity index (χ2n) is 5.28. The lowest BCUT2D eigenvalue weighted by Gasteiger charge is -2.20. The van der Waals surface area contributed by atoms with Crippen molar-refractivity contribution >= 4 is 11.9 Å². The third-order valence-electron chi connectivity index (χ3n) is 3.30. The lowest BCUT2D eigenvalue weighted by Crippen LogP contribution is -2.42. The van der Waals surface area contributed by atoms with Crippen molar-refractivity contribution in [3.63, 3.8) is 0 Å². The number of nitrogens with one attached hydrogen (secondary N) is 2. The highest BCUT2D eigenvalue weighted by molar-refractivity contribution is 6.06. The fourth-order valence-corrected chi connectivity index (χ4v) is 2.05. The van der Waals surface area contributed by atoms with E-state index in [9.17, 15) is 9.59 Å². The van der Waals surface area contributed by atoms with Gasteiger partial charge in [0.25, 0.3) is 5.91 Å². The first-order valence-electron chi connectivity index (χ1n) is 6.34. The standard InChI is InChI=1S/C14H19N3O2/c1-10(11-7-5-4-6-8-11)15-9-17-12(18)14(2,3)16-13(17)19/h4-8,10,15H,9H2,1-3H3,(H,16,19)/t10-/m0/s1. The molecule has 0 saturated carbocycles. The molecule has 0 aromatic heterocycles. The molecule has 3 amide bonds. The maximum Gasteiger partial charge on any atom is 0.326 e. The van der Waals surface area contributed by atoms with Crippen LogP contribution in [-0.2, 0) is 4.79 Å². The number of benzene rings is 1. The fourth-order valence-electron chi connectivity index (χ4n) is 2.05. The van der Waals surface area contributed by atoms with Crippen LogP contribution in [0.2, 0.25) is 0 Å². The number of hydrogen-bond donors (Lipinski definition) is 2. The van der Waals surface area contributed by atoms with E-state index in [1.807, 2.05) is 37.3 Å². The van der Waals surface area contributed by atoms with Crippen LogP contribution in [0.25, 0.3) is 0 Å². The molecular weight excluding hydrogens is 242 g/mol. The van der Waals surface area contributed by atoms with Crippen LogP contribution in [0.3, 0.4) is 0 Å². The molecule has 2 rings (SSSR count). The molecule has 5 nitrogen and oxygen atoms in total. The molecule has 1 aromatic carbocycles. The van der Waals surface area contributed by atoms with Crippen molar-refractivity contribution in [1.82, 2.24) is 15.5 Å². The predicted molar refractivity (Wildman–Crippen MR) is 72.3 cm³/mol. The van der Waals surface area contributed by atoms with Crippen molar-refractivity contribution in [3.05, 3.63) is 35.9 Å². The maximum atomic E-state index is 12.0. The highest BCUT2D eigenvalue weighted by atomic mass is 16.2. The van der Waals surface area contributed by atoms with Gasteiger partial charge in [-0.05, 0) is 26.3 Å². The van der Waals surface area contributed by atoms with Gasteiger partial charge < -0.3 is 5.32 Å². The normalized spacial score (nSPS) is 19.4. The summed E-state index contributed by atoms with van der Waals surface area (Å²) in [6.45, 7) is 5.62. The van der Waals surface area contributed by atoms with E-state index >= 15 is 0 Å².